The molecule has 2 heterocycles. The minimum atomic E-state index is -5.08. The standard InChI is InChI=1S/C8H12N4O.C2HF3O2/c1-2-7-11-8(13-12-7)6-3-9-5-10-4-6;3-2(4,5)1(6)7/h5-6H,2-4H2,1H3,(H,9,10);(H,6,7). The van der Waals surface area contributed by atoms with Crippen molar-refractivity contribution in [2.24, 2.45) is 4.99 Å². The molecule has 1 unspecified atom stereocenters. The number of aryl methyl sites for hydroxylation is 1. The molecule has 0 radical (unpaired) electrons. The smallest absolute Gasteiger partial charge is 0.475 e. The maximum atomic E-state index is 10.6. The number of aliphatic carboxylic acids is 1. The van der Waals surface area contributed by atoms with Gasteiger partial charge in [-0.25, -0.2) is 4.79 Å². The number of alkyl halides is 3. The quantitative estimate of drug-likeness (QED) is 0.843. The lowest BCUT2D eigenvalue weighted by Crippen LogP contribution is -2.27. The van der Waals surface area contributed by atoms with E-state index < -0.39 is 12.1 Å². The first-order valence-electron chi connectivity index (χ1n) is 5.68. The normalized spacial score (nSPS) is 17.9. The number of nitrogens with one attached hydrogen (secondary N) is 1. The number of nitrogens with zero attached hydrogens (tertiary/aromatic N) is 3. The Morgan fingerprint density at radius 1 is 1.60 bits per heavy atom. The molecule has 1 aliphatic heterocycles. The van der Waals surface area contributed by atoms with Gasteiger partial charge in [-0.15, -0.1) is 0 Å². The van der Waals surface area contributed by atoms with Gasteiger partial charge < -0.3 is 14.9 Å². The summed E-state index contributed by atoms with van der Waals surface area (Å²) >= 11 is 0. The molecule has 0 saturated carbocycles. The summed E-state index contributed by atoms with van der Waals surface area (Å²) in [6, 6.07) is 0. The fourth-order valence-corrected chi connectivity index (χ4v) is 1.25. The number of carboxylic acid groups (broad SMARTS) is 1. The van der Waals surface area contributed by atoms with Crippen LogP contribution in [0.1, 0.15) is 24.6 Å². The van der Waals surface area contributed by atoms with Gasteiger partial charge in [0.25, 0.3) is 0 Å². The van der Waals surface area contributed by atoms with Gasteiger partial charge in [0.05, 0.1) is 18.8 Å². The zero-order chi connectivity index (χ0) is 15.2. The van der Waals surface area contributed by atoms with Gasteiger partial charge >= 0.3 is 12.1 Å². The number of hydrogen-bond donors (Lipinski definition) is 2. The molecule has 1 atom stereocenters. The van der Waals surface area contributed by atoms with Crippen LogP contribution in [0.4, 0.5) is 13.2 Å². The molecule has 0 spiro atoms. The van der Waals surface area contributed by atoms with Crippen LogP contribution in [0, 0.1) is 0 Å². The molecule has 112 valence electrons. The Labute approximate surface area is 111 Å². The molecule has 2 rings (SSSR count). The fraction of sp³-hybridized carbons (Fsp3) is 0.600. The zero-order valence-corrected chi connectivity index (χ0v) is 10.5. The Balaban J connectivity index is 0.000000246. The number of hydrogen-bond acceptors (Lipinski definition) is 6. The first-order valence-corrected chi connectivity index (χ1v) is 5.68. The molecular formula is C10H13F3N4O3. The van der Waals surface area contributed by atoms with Crippen molar-refractivity contribution in [1.29, 1.82) is 0 Å². The average Bonchev–Trinajstić information content (AvgIpc) is 2.88. The van der Waals surface area contributed by atoms with Gasteiger partial charge in [0, 0.05) is 13.0 Å². The highest BCUT2D eigenvalue weighted by molar-refractivity contribution is 5.73. The van der Waals surface area contributed by atoms with Crippen LogP contribution in [0.15, 0.2) is 9.52 Å². The summed E-state index contributed by atoms with van der Waals surface area (Å²) in [4.78, 5) is 17.3. The fourth-order valence-electron chi connectivity index (χ4n) is 1.25. The van der Waals surface area contributed by atoms with Crippen molar-refractivity contribution < 1.29 is 27.6 Å². The van der Waals surface area contributed by atoms with Crippen molar-refractivity contribution in [3.8, 4) is 0 Å². The van der Waals surface area contributed by atoms with E-state index in [2.05, 4.69) is 20.4 Å². The molecule has 0 fully saturated rings. The van der Waals surface area contributed by atoms with Crippen molar-refractivity contribution in [2.45, 2.75) is 25.4 Å². The Kier molecular flexibility index (Phi) is 5.47. The van der Waals surface area contributed by atoms with Gasteiger partial charge in [-0.05, 0) is 0 Å². The van der Waals surface area contributed by atoms with Crippen molar-refractivity contribution in [3.63, 3.8) is 0 Å². The monoisotopic (exact) mass is 294 g/mol. The highest BCUT2D eigenvalue weighted by Crippen LogP contribution is 2.14. The highest BCUT2D eigenvalue weighted by atomic mass is 19.4. The molecule has 1 aliphatic rings. The molecule has 10 heteroatoms. The number of aliphatic imine (C=N–C) groups is 1. The van der Waals surface area contributed by atoms with Crippen LogP contribution in [-0.4, -0.2) is 46.8 Å². The predicted octanol–water partition coefficient (Wildman–Crippen LogP) is 0.980. The molecule has 0 amide bonds. The summed E-state index contributed by atoms with van der Waals surface area (Å²) in [5.74, 6) is -1.06. The van der Waals surface area contributed by atoms with Gasteiger partial charge in [0.1, 0.15) is 0 Å². The van der Waals surface area contributed by atoms with Crippen molar-refractivity contribution in [1.82, 2.24) is 15.5 Å². The molecule has 0 bridgehead atoms. The van der Waals surface area contributed by atoms with E-state index in [-0.39, 0.29) is 5.92 Å². The van der Waals surface area contributed by atoms with Crippen LogP contribution >= 0.6 is 0 Å². The van der Waals surface area contributed by atoms with Crippen LogP contribution in [0.5, 0.6) is 0 Å². The highest BCUT2D eigenvalue weighted by Gasteiger charge is 2.38. The van der Waals surface area contributed by atoms with E-state index in [0.29, 0.717) is 5.89 Å². The summed E-state index contributed by atoms with van der Waals surface area (Å²) in [5.41, 5.74) is 0. The largest absolute Gasteiger partial charge is 0.490 e. The number of carbonyl (C=O) groups is 1. The molecular weight excluding hydrogens is 281 g/mol. The molecule has 0 saturated heterocycles. The van der Waals surface area contributed by atoms with E-state index in [1.54, 1.807) is 6.34 Å². The molecule has 0 aliphatic carbocycles. The molecule has 7 nitrogen and oxygen atoms in total. The van der Waals surface area contributed by atoms with Crippen LogP contribution in [-0.2, 0) is 11.2 Å². The third-order valence-electron chi connectivity index (χ3n) is 2.26. The second kappa shape index (κ2) is 6.87. The van der Waals surface area contributed by atoms with E-state index in [4.69, 9.17) is 14.4 Å². The first-order chi connectivity index (χ1) is 9.34. The number of halogens is 3. The summed E-state index contributed by atoms with van der Waals surface area (Å²) in [6.45, 7) is 3.57. The van der Waals surface area contributed by atoms with E-state index >= 15 is 0 Å². The van der Waals surface area contributed by atoms with Crippen LogP contribution in [0.2, 0.25) is 0 Å². The molecule has 1 aromatic rings. The third-order valence-corrected chi connectivity index (χ3v) is 2.26. The van der Waals surface area contributed by atoms with Crippen LogP contribution in [0.25, 0.3) is 0 Å². The SMILES string of the molecule is CCc1noc(C2CN=CNC2)n1.O=C(O)C(F)(F)F. The second-order valence-electron chi connectivity index (χ2n) is 3.80. The lowest BCUT2D eigenvalue weighted by atomic mass is 10.1. The molecule has 0 aromatic carbocycles. The van der Waals surface area contributed by atoms with Crippen LogP contribution < -0.4 is 5.32 Å². The van der Waals surface area contributed by atoms with E-state index in [9.17, 15) is 13.2 Å². The van der Waals surface area contributed by atoms with Crippen molar-refractivity contribution in [2.75, 3.05) is 13.1 Å². The van der Waals surface area contributed by atoms with Gasteiger partial charge in [0.2, 0.25) is 5.89 Å². The van der Waals surface area contributed by atoms with E-state index in [0.717, 1.165) is 25.3 Å². The molecule has 20 heavy (non-hydrogen) atoms. The Bertz CT molecular complexity index is 473. The number of aromatic nitrogens is 2. The summed E-state index contributed by atoms with van der Waals surface area (Å²) < 4.78 is 36.9. The first kappa shape index (κ1) is 15.9. The Morgan fingerprint density at radius 2 is 2.25 bits per heavy atom. The number of rotatable bonds is 2. The van der Waals surface area contributed by atoms with Gasteiger partial charge in [0.15, 0.2) is 5.82 Å². The second-order valence-corrected chi connectivity index (χ2v) is 3.80. The molecule has 2 N–H and O–H groups in total. The van der Waals surface area contributed by atoms with Gasteiger partial charge in [-0.3, -0.25) is 4.99 Å². The summed E-state index contributed by atoms with van der Waals surface area (Å²) in [6.07, 6.45) is -2.56. The summed E-state index contributed by atoms with van der Waals surface area (Å²) in [5, 5.41) is 14.0. The minimum absolute atomic E-state index is 0.234. The van der Waals surface area contributed by atoms with Gasteiger partial charge in [-0.1, -0.05) is 12.1 Å². The topological polar surface area (TPSA) is 101 Å². The maximum Gasteiger partial charge on any atom is 0.490 e. The lowest BCUT2D eigenvalue weighted by molar-refractivity contribution is -0.192. The number of carboxylic acids is 1. The Morgan fingerprint density at radius 3 is 2.65 bits per heavy atom. The average molecular weight is 294 g/mol. The van der Waals surface area contributed by atoms with E-state index in [1.807, 2.05) is 6.92 Å². The van der Waals surface area contributed by atoms with E-state index in [1.165, 1.54) is 0 Å². The minimum Gasteiger partial charge on any atom is -0.475 e. The lowest BCUT2D eigenvalue weighted by Gasteiger charge is -2.13. The van der Waals surface area contributed by atoms with Gasteiger partial charge in [-0.2, -0.15) is 18.2 Å². The Hall–Kier alpha value is -2.13. The van der Waals surface area contributed by atoms with Crippen molar-refractivity contribution >= 4 is 12.3 Å². The third kappa shape index (κ3) is 4.86. The van der Waals surface area contributed by atoms with Crippen LogP contribution in [0.3, 0.4) is 0 Å². The predicted molar refractivity (Wildman–Crippen MR) is 61.5 cm³/mol. The summed E-state index contributed by atoms with van der Waals surface area (Å²) in [7, 11) is 0. The molecule has 1 aromatic heterocycles. The zero-order valence-electron chi connectivity index (χ0n) is 10.5. The van der Waals surface area contributed by atoms with Crippen molar-refractivity contribution in [3.05, 3.63) is 11.7 Å². The maximum absolute atomic E-state index is 10.6.